The first-order valence-electron chi connectivity index (χ1n) is 13.4. The number of rotatable bonds is 14. The van der Waals surface area contributed by atoms with Crippen LogP contribution in [-0.2, 0) is 32.0 Å². The number of nitrogens with zero attached hydrogens (tertiary/aromatic N) is 2. The van der Waals surface area contributed by atoms with Gasteiger partial charge in [-0.25, -0.2) is 0 Å². The Hall–Kier alpha value is -4.45. The standard InChI is InChI=1S/C29H41N7O5/c1-19(37)35(3)25(18-21-12-14-22(38)15-13-21)27(40)34-29(31)33-16-8-11-23(32-2)28(41)36(4)24(26(30)39)17-20-9-6-5-7-10-20/h5-7,9-10,12-15,23-25,32,38H,8,11,16-18H2,1-4H3,(H2,30,39)(H3,31,33,34,40)/t23-,24-,25-/m0/s1. The SMILES string of the molecule is CN[C@@H](CCCNC(=N)NC(=O)[C@H](Cc1ccc(O)cc1)N(C)C(C)=O)C(=O)N(C)[C@@H](Cc1ccccc1)C(N)=O. The molecule has 0 fully saturated rings. The minimum absolute atomic E-state index is 0.0920. The van der Waals surface area contributed by atoms with Gasteiger partial charge in [-0.05, 0) is 43.1 Å². The largest absolute Gasteiger partial charge is 0.508 e. The second-order valence-corrected chi connectivity index (χ2v) is 9.85. The van der Waals surface area contributed by atoms with Gasteiger partial charge in [0, 0.05) is 40.4 Å². The quantitative estimate of drug-likeness (QED) is 0.108. The lowest BCUT2D eigenvalue weighted by molar-refractivity contribution is -0.139. The summed E-state index contributed by atoms with van der Waals surface area (Å²) in [5.41, 5.74) is 7.24. The van der Waals surface area contributed by atoms with Crippen LogP contribution in [0.3, 0.4) is 0 Å². The van der Waals surface area contributed by atoms with Crippen molar-refractivity contribution in [3.8, 4) is 5.75 Å². The minimum atomic E-state index is -0.866. The van der Waals surface area contributed by atoms with E-state index in [2.05, 4.69) is 16.0 Å². The number of phenols is 1. The fraction of sp³-hybridized carbons (Fsp3) is 0.414. The fourth-order valence-electron chi connectivity index (χ4n) is 4.31. The van der Waals surface area contributed by atoms with Crippen LogP contribution in [0.4, 0.5) is 0 Å². The van der Waals surface area contributed by atoms with E-state index in [0.717, 1.165) is 11.1 Å². The number of guanidine groups is 1. The topological polar surface area (TPSA) is 181 Å². The third-order valence-electron chi connectivity index (χ3n) is 6.91. The number of hydrogen-bond acceptors (Lipinski definition) is 7. The molecule has 41 heavy (non-hydrogen) atoms. The van der Waals surface area contributed by atoms with E-state index < -0.39 is 29.9 Å². The number of hydrogen-bond donors (Lipinski definition) is 6. The molecule has 0 saturated carbocycles. The number of amides is 4. The van der Waals surface area contributed by atoms with E-state index in [1.165, 1.54) is 35.9 Å². The second-order valence-electron chi connectivity index (χ2n) is 9.85. The number of primary amides is 1. The van der Waals surface area contributed by atoms with Crippen LogP contribution in [0.5, 0.6) is 5.75 Å². The van der Waals surface area contributed by atoms with Gasteiger partial charge in [0.25, 0.3) is 0 Å². The number of carbonyl (C=O) groups excluding carboxylic acids is 4. The number of likely N-dealkylation sites (N-methyl/N-ethyl adjacent to an activating group) is 3. The van der Waals surface area contributed by atoms with Crippen molar-refractivity contribution in [2.24, 2.45) is 5.73 Å². The number of nitrogens with two attached hydrogens (primary N) is 1. The number of aromatic hydroxyl groups is 1. The summed E-state index contributed by atoms with van der Waals surface area (Å²) in [7, 11) is 4.72. The van der Waals surface area contributed by atoms with Crippen LogP contribution in [0.25, 0.3) is 0 Å². The first-order valence-corrected chi connectivity index (χ1v) is 13.4. The molecule has 2 rings (SSSR count). The molecule has 0 radical (unpaired) electrons. The van der Waals surface area contributed by atoms with Crippen LogP contribution in [0.1, 0.15) is 30.9 Å². The third kappa shape index (κ3) is 10.2. The summed E-state index contributed by atoms with van der Waals surface area (Å²) in [6.45, 7) is 1.65. The van der Waals surface area contributed by atoms with Crippen LogP contribution in [-0.4, -0.2) is 90.3 Å². The maximum Gasteiger partial charge on any atom is 0.249 e. The molecule has 2 aromatic rings. The molecular formula is C29H41N7O5. The highest BCUT2D eigenvalue weighted by atomic mass is 16.3. The molecule has 12 heteroatoms. The molecule has 0 spiro atoms. The average molecular weight is 568 g/mol. The molecule has 12 nitrogen and oxygen atoms in total. The van der Waals surface area contributed by atoms with E-state index in [4.69, 9.17) is 11.1 Å². The van der Waals surface area contributed by atoms with Gasteiger partial charge in [-0.15, -0.1) is 0 Å². The number of phenolic OH excluding ortho intramolecular Hbond substituents is 1. The molecule has 0 heterocycles. The molecule has 0 bridgehead atoms. The first-order chi connectivity index (χ1) is 19.4. The van der Waals surface area contributed by atoms with Crippen molar-refractivity contribution in [2.75, 3.05) is 27.7 Å². The Morgan fingerprint density at radius 3 is 2.07 bits per heavy atom. The number of carbonyl (C=O) groups is 4. The predicted molar refractivity (Wildman–Crippen MR) is 156 cm³/mol. The van der Waals surface area contributed by atoms with Gasteiger partial charge in [-0.2, -0.15) is 0 Å². The van der Waals surface area contributed by atoms with Gasteiger partial charge in [0.15, 0.2) is 5.96 Å². The monoisotopic (exact) mass is 567 g/mol. The minimum Gasteiger partial charge on any atom is -0.508 e. The van der Waals surface area contributed by atoms with E-state index in [0.29, 0.717) is 25.8 Å². The highest BCUT2D eigenvalue weighted by molar-refractivity contribution is 5.99. The molecule has 4 amide bonds. The second kappa shape index (κ2) is 16.0. The molecule has 222 valence electrons. The smallest absolute Gasteiger partial charge is 0.249 e. The van der Waals surface area contributed by atoms with Gasteiger partial charge in [-0.3, -0.25) is 29.9 Å². The summed E-state index contributed by atoms with van der Waals surface area (Å²) in [6.07, 6.45) is 1.39. The Balaban J connectivity index is 1.89. The van der Waals surface area contributed by atoms with Gasteiger partial charge in [-0.1, -0.05) is 42.5 Å². The Morgan fingerprint density at radius 1 is 0.927 bits per heavy atom. The normalized spacial score (nSPS) is 12.9. The summed E-state index contributed by atoms with van der Waals surface area (Å²) in [6, 6.07) is 13.4. The molecule has 0 aliphatic rings. The van der Waals surface area contributed by atoms with Crippen LogP contribution in [0.15, 0.2) is 54.6 Å². The van der Waals surface area contributed by atoms with Crippen molar-refractivity contribution in [3.05, 3.63) is 65.7 Å². The van der Waals surface area contributed by atoms with Crippen molar-refractivity contribution in [3.63, 3.8) is 0 Å². The molecule has 0 unspecified atom stereocenters. The zero-order valence-corrected chi connectivity index (χ0v) is 24.0. The third-order valence-corrected chi connectivity index (χ3v) is 6.91. The lowest BCUT2D eigenvalue weighted by atomic mass is 10.0. The lowest BCUT2D eigenvalue weighted by Gasteiger charge is -2.29. The molecular weight excluding hydrogens is 526 g/mol. The van der Waals surface area contributed by atoms with Gasteiger partial charge < -0.3 is 31.3 Å². The van der Waals surface area contributed by atoms with E-state index in [1.807, 2.05) is 30.3 Å². The molecule has 0 aliphatic carbocycles. The van der Waals surface area contributed by atoms with E-state index >= 15 is 0 Å². The fourth-order valence-corrected chi connectivity index (χ4v) is 4.31. The molecule has 0 aromatic heterocycles. The molecule has 0 saturated heterocycles. The zero-order valence-electron chi connectivity index (χ0n) is 24.0. The predicted octanol–water partition coefficient (Wildman–Crippen LogP) is 0.345. The Bertz CT molecular complexity index is 1190. The lowest BCUT2D eigenvalue weighted by Crippen LogP contribution is -2.53. The van der Waals surface area contributed by atoms with Crippen LogP contribution >= 0.6 is 0 Å². The van der Waals surface area contributed by atoms with Gasteiger partial charge in [0.2, 0.25) is 23.6 Å². The average Bonchev–Trinajstić information content (AvgIpc) is 2.94. The van der Waals surface area contributed by atoms with Crippen LogP contribution in [0, 0.1) is 5.41 Å². The van der Waals surface area contributed by atoms with E-state index in [1.54, 1.807) is 26.2 Å². The zero-order chi connectivity index (χ0) is 30.5. The summed E-state index contributed by atoms with van der Waals surface area (Å²) in [5, 5.41) is 25.9. The number of nitrogens with one attached hydrogen (secondary N) is 4. The maximum absolute atomic E-state index is 13.1. The summed E-state index contributed by atoms with van der Waals surface area (Å²) in [5.74, 6) is -1.85. The van der Waals surface area contributed by atoms with Crippen LogP contribution < -0.4 is 21.7 Å². The van der Waals surface area contributed by atoms with Gasteiger partial charge in [0.1, 0.15) is 17.8 Å². The van der Waals surface area contributed by atoms with Gasteiger partial charge in [0.05, 0.1) is 6.04 Å². The maximum atomic E-state index is 13.1. The Labute approximate surface area is 240 Å². The Kier molecular flexibility index (Phi) is 12.8. The van der Waals surface area contributed by atoms with Crippen molar-refractivity contribution < 1.29 is 24.3 Å². The summed E-state index contributed by atoms with van der Waals surface area (Å²) < 4.78 is 0. The van der Waals surface area contributed by atoms with Crippen molar-refractivity contribution in [2.45, 2.75) is 50.7 Å². The van der Waals surface area contributed by atoms with Gasteiger partial charge >= 0.3 is 0 Å². The number of benzene rings is 2. The molecule has 3 atom stereocenters. The van der Waals surface area contributed by atoms with Crippen LogP contribution in [0.2, 0.25) is 0 Å². The highest BCUT2D eigenvalue weighted by Crippen LogP contribution is 2.14. The van der Waals surface area contributed by atoms with E-state index in [-0.39, 0.29) is 29.9 Å². The molecule has 7 N–H and O–H groups in total. The van der Waals surface area contributed by atoms with Crippen molar-refractivity contribution in [1.82, 2.24) is 25.8 Å². The summed E-state index contributed by atoms with van der Waals surface area (Å²) in [4.78, 5) is 52.8. The van der Waals surface area contributed by atoms with Crippen molar-refractivity contribution in [1.29, 1.82) is 5.41 Å². The Morgan fingerprint density at radius 2 is 1.51 bits per heavy atom. The van der Waals surface area contributed by atoms with Crippen molar-refractivity contribution >= 4 is 29.6 Å². The molecule has 0 aliphatic heterocycles. The molecule has 2 aromatic carbocycles. The summed E-state index contributed by atoms with van der Waals surface area (Å²) >= 11 is 0. The first kappa shape index (κ1) is 32.8. The van der Waals surface area contributed by atoms with E-state index in [9.17, 15) is 24.3 Å². The highest BCUT2D eigenvalue weighted by Gasteiger charge is 2.30.